The van der Waals surface area contributed by atoms with Crippen LogP contribution in [-0.2, 0) is 4.79 Å². The van der Waals surface area contributed by atoms with Crippen LogP contribution in [0, 0.1) is 0 Å². The lowest BCUT2D eigenvalue weighted by Crippen LogP contribution is -2.50. The van der Waals surface area contributed by atoms with Crippen molar-refractivity contribution in [3.05, 3.63) is 54.4 Å². The minimum Gasteiger partial charge on any atom is -0.306 e. The van der Waals surface area contributed by atoms with Crippen molar-refractivity contribution in [1.82, 2.24) is 4.98 Å². The molecule has 0 saturated carbocycles. The lowest BCUT2D eigenvalue weighted by molar-refractivity contribution is -0.117. The maximum Gasteiger partial charge on any atom is 0.277 e. The topological polar surface area (TPSA) is 53.5 Å². The number of para-hydroxylation sites is 2. The van der Waals surface area contributed by atoms with Crippen LogP contribution in [-0.4, -0.2) is 29.4 Å². The number of carbonyl (C=O) groups is 2. The SMILES string of the molecule is CC(C)N1C(=O)CN(C(=O)c2ccccn2)c2ccccc21. The number of benzene rings is 1. The molecule has 0 fully saturated rings. The molecule has 0 spiro atoms. The molecule has 1 aromatic heterocycles. The van der Waals surface area contributed by atoms with E-state index in [0.29, 0.717) is 5.69 Å². The van der Waals surface area contributed by atoms with Crippen LogP contribution < -0.4 is 9.80 Å². The van der Waals surface area contributed by atoms with Gasteiger partial charge < -0.3 is 4.90 Å². The van der Waals surface area contributed by atoms with Gasteiger partial charge in [-0.15, -0.1) is 0 Å². The molecule has 0 atom stereocenters. The molecule has 0 N–H and O–H groups in total. The van der Waals surface area contributed by atoms with Crippen molar-refractivity contribution >= 4 is 23.2 Å². The van der Waals surface area contributed by atoms with Crippen LogP contribution >= 0.6 is 0 Å². The van der Waals surface area contributed by atoms with Crippen LogP contribution in [0.4, 0.5) is 11.4 Å². The normalized spacial score (nSPS) is 14.2. The third-order valence-corrected chi connectivity index (χ3v) is 3.64. The molecule has 3 rings (SSSR count). The van der Waals surface area contributed by atoms with Crippen molar-refractivity contribution in [3.8, 4) is 0 Å². The molecule has 22 heavy (non-hydrogen) atoms. The van der Waals surface area contributed by atoms with Crippen molar-refractivity contribution < 1.29 is 9.59 Å². The standard InChI is InChI=1S/C17H17N3O2/c1-12(2)20-15-9-4-3-8-14(15)19(11-16(20)21)17(22)13-7-5-6-10-18-13/h3-10,12H,11H2,1-2H3. The summed E-state index contributed by atoms with van der Waals surface area (Å²) in [5.41, 5.74) is 1.84. The Morgan fingerprint density at radius 2 is 1.77 bits per heavy atom. The summed E-state index contributed by atoms with van der Waals surface area (Å²) in [4.78, 5) is 32.5. The molecule has 0 saturated heterocycles. The van der Waals surface area contributed by atoms with E-state index in [9.17, 15) is 9.59 Å². The van der Waals surface area contributed by atoms with Gasteiger partial charge in [0.2, 0.25) is 5.91 Å². The molecule has 0 bridgehead atoms. The Bertz CT molecular complexity index is 713. The van der Waals surface area contributed by atoms with Gasteiger partial charge in [0.15, 0.2) is 0 Å². The molecule has 0 radical (unpaired) electrons. The van der Waals surface area contributed by atoms with Crippen molar-refractivity contribution in [2.24, 2.45) is 0 Å². The van der Waals surface area contributed by atoms with Crippen molar-refractivity contribution in [1.29, 1.82) is 0 Å². The van der Waals surface area contributed by atoms with Crippen molar-refractivity contribution in [3.63, 3.8) is 0 Å². The predicted octanol–water partition coefficient (Wildman–Crippen LogP) is 2.48. The highest BCUT2D eigenvalue weighted by molar-refractivity contribution is 6.15. The minimum atomic E-state index is -0.259. The maximum atomic E-state index is 12.7. The van der Waals surface area contributed by atoms with E-state index in [1.807, 2.05) is 38.1 Å². The summed E-state index contributed by atoms with van der Waals surface area (Å²) in [6.07, 6.45) is 1.57. The lowest BCUT2D eigenvalue weighted by atomic mass is 10.1. The number of rotatable bonds is 2. The summed E-state index contributed by atoms with van der Waals surface area (Å²) in [7, 11) is 0. The van der Waals surface area contributed by atoms with E-state index in [1.54, 1.807) is 29.3 Å². The number of aromatic nitrogens is 1. The molecule has 2 aromatic rings. The smallest absolute Gasteiger partial charge is 0.277 e. The highest BCUT2D eigenvalue weighted by Gasteiger charge is 2.34. The highest BCUT2D eigenvalue weighted by atomic mass is 16.2. The zero-order chi connectivity index (χ0) is 15.7. The average Bonchev–Trinajstić information content (AvgIpc) is 2.53. The van der Waals surface area contributed by atoms with Gasteiger partial charge in [0.05, 0.1) is 11.4 Å². The molecule has 112 valence electrons. The summed E-state index contributed by atoms with van der Waals surface area (Å²) < 4.78 is 0. The Labute approximate surface area is 129 Å². The average molecular weight is 295 g/mol. The van der Waals surface area contributed by atoms with Gasteiger partial charge in [-0.3, -0.25) is 19.5 Å². The fraction of sp³-hybridized carbons (Fsp3) is 0.235. The van der Waals surface area contributed by atoms with E-state index in [1.165, 1.54) is 4.90 Å². The zero-order valence-corrected chi connectivity index (χ0v) is 12.6. The first-order valence-corrected chi connectivity index (χ1v) is 7.23. The number of nitrogens with zero attached hydrogens (tertiary/aromatic N) is 3. The number of hydrogen-bond donors (Lipinski definition) is 0. The lowest BCUT2D eigenvalue weighted by Gasteiger charge is -2.38. The quantitative estimate of drug-likeness (QED) is 0.855. The Morgan fingerprint density at radius 1 is 1.09 bits per heavy atom. The van der Waals surface area contributed by atoms with Crippen LogP contribution in [0.15, 0.2) is 48.7 Å². The van der Waals surface area contributed by atoms with Crippen LogP contribution in [0.25, 0.3) is 0 Å². The largest absolute Gasteiger partial charge is 0.306 e. The Balaban J connectivity index is 2.05. The molecule has 1 aliphatic rings. The van der Waals surface area contributed by atoms with E-state index in [2.05, 4.69) is 4.98 Å². The maximum absolute atomic E-state index is 12.7. The molecular weight excluding hydrogens is 278 g/mol. The van der Waals surface area contributed by atoms with E-state index >= 15 is 0 Å². The molecule has 2 amide bonds. The molecule has 0 unspecified atom stereocenters. The number of anilines is 2. The minimum absolute atomic E-state index is 0.0323. The van der Waals surface area contributed by atoms with Crippen LogP contribution in [0.3, 0.4) is 0 Å². The third kappa shape index (κ3) is 2.35. The van der Waals surface area contributed by atoms with Gasteiger partial charge in [0, 0.05) is 12.2 Å². The van der Waals surface area contributed by atoms with Crippen LogP contribution in [0.1, 0.15) is 24.3 Å². The molecule has 1 aromatic carbocycles. The zero-order valence-electron chi connectivity index (χ0n) is 12.6. The van der Waals surface area contributed by atoms with Crippen LogP contribution in [0.5, 0.6) is 0 Å². The first-order chi connectivity index (χ1) is 10.6. The van der Waals surface area contributed by atoms with Crippen molar-refractivity contribution in [2.45, 2.75) is 19.9 Å². The van der Waals surface area contributed by atoms with Crippen LogP contribution in [0.2, 0.25) is 0 Å². The number of carbonyl (C=O) groups excluding carboxylic acids is 2. The second kappa shape index (κ2) is 5.60. The van der Waals surface area contributed by atoms with Gasteiger partial charge in [-0.25, -0.2) is 0 Å². The fourth-order valence-corrected chi connectivity index (χ4v) is 2.70. The Morgan fingerprint density at radius 3 is 2.41 bits per heavy atom. The number of hydrogen-bond acceptors (Lipinski definition) is 3. The van der Waals surface area contributed by atoms with E-state index in [-0.39, 0.29) is 24.4 Å². The van der Waals surface area contributed by atoms with Gasteiger partial charge in [-0.2, -0.15) is 0 Å². The summed E-state index contributed by atoms with van der Waals surface area (Å²) in [5, 5.41) is 0. The Hall–Kier alpha value is -2.69. The summed E-state index contributed by atoms with van der Waals surface area (Å²) in [5.74, 6) is -0.345. The molecule has 1 aliphatic heterocycles. The van der Waals surface area contributed by atoms with Gasteiger partial charge in [0.1, 0.15) is 12.2 Å². The van der Waals surface area contributed by atoms with E-state index < -0.39 is 0 Å². The van der Waals surface area contributed by atoms with Gasteiger partial charge in [0.25, 0.3) is 5.91 Å². The van der Waals surface area contributed by atoms with Gasteiger partial charge in [-0.1, -0.05) is 18.2 Å². The van der Waals surface area contributed by atoms with Gasteiger partial charge >= 0.3 is 0 Å². The van der Waals surface area contributed by atoms with Gasteiger partial charge in [-0.05, 0) is 38.1 Å². The number of fused-ring (bicyclic) bond motifs is 1. The molecule has 0 aliphatic carbocycles. The monoisotopic (exact) mass is 295 g/mol. The second-order valence-electron chi connectivity index (χ2n) is 5.45. The molecule has 2 heterocycles. The van der Waals surface area contributed by atoms with Crippen molar-refractivity contribution in [2.75, 3.05) is 16.3 Å². The first kappa shape index (κ1) is 14.3. The fourth-order valence-electron chi connectivity index (χ4n) is 2.70. The summed E-state index contributed by atoms with van der Waals surface area (Å²) in [6.45, 7) is 3.96. The Kier molecular flexibility index (Phi) is 3.63. The summed E-state index contributed by atoms with van der Waals surface area (Å²) in [6, 6.07) is 12.7. The summed E-state index contributed by atoms with van der Waals surface area (Å²) >= 11 is 0. The molecular formula is C17H17N3O2. The number of amides is 2. The third-order valence-electron chi connectivity index (χ3n) is 3.64. The van der Waals surface area contributed by atoms with E-state index in [4.69, 9.17) is 0 Å². The highest BCUT2D eigenvalue weighted by Crippen LogP contribution is 2.35. The predicted molar refractivity (Wildman–Crippen MR) is 85.0 cm³/mol. The molecule has 5 heteroatoms. The second-order valence-corrected chi connectivity index (χ2v) is 5.45. The number of pyridine rings is 1. The first-order valence-electron chi connectivity index (χ1n) is 7.23. The van der Waals surface area contributed by atoms with E-state index in [0.717, 1.165) is 11.4 Å². The molecule has 5 nitrogen and oxygen atoms in total.